The quantitative estimate of drug-likeness (QED) is 0.938. The summed E-state index contributed by atoms with van der Waals surface area (Å²) in [5.41, 5.74) is 3.47. The number of hydrogen-bond donors (Lipinski definition) is 1. The summed E-state index contributed by atoms with van der Waals surface area (Å²) >= 11 is 0. The van der Waals surface area contributed by atoms with Crippen LogP contribution in [0, 0.1) is 5.92 Å². The van der Waals surface area contributed by atoms with Crippen molar-refractivity contribution in [3.05, 3.63) is 36.3 Å². The Balaban J connectivity index is 1.68. The molecule has 2 aromatic rings. The number of aryl methyl sites for hydroxylation is 1. The Labute approximate surface area is 126 Å². The first-order valence-electron chi connectivity index (χ1n) is 7.88. The Bertz CT molecular complexity index is 568. The fourth-order valence-electron chi connectivity index (χ4n) is 3.14. The average Bonchev–Trinajstić information content (AvgIpc) is 2.89. The molecular formula is C17H24N4. The van der Waals surface area contributed by atoms with Crippen LogP contribution in [0.2, 0.25) is 0 Å². The third kappa shape index (κ3) is 3.50. The summed E-state index contributed by atoms with van der Waals surface area (Å²) in [4.78, 5) is 4.08. The van der Waals surface area contributed by atoms with E-state index in [1.165, 1.54) is 31.2 Å². The van der Waals surface area contributed by atoms with Crippen molar-refractivity contribution in [3.8, 4) is 11.3 Å². The molecule has 0 atom stereocenters. The Morgan fingerprint density at radius 1 is 1.19 bits per heavy atom. The van der Waals surface area contributed by atoms with Crippen molar-refractivity contribution in [2.75, 3.05) is 0 Å². The van der Waals surface area contributed by atoms with Gasteiger partial charge < -0.3 is 5.32 Å². The molecular weight excluding hydrogens is 260 g/mol. The van der Waals surface area contributed by atoms with Crippen LogP contribution in [0.5, 0.6) is 0 Å². The van der Waals surface area contributed by atoms with Crippen LogP contribution < -0.4 is 5.32 Å². The second-order valence-corrected chi connectivity index (χ2v) is 6.25. The van der Waals surface area contributed by atoms with E-state index >= 15 is 0 Å². The van der Waals surface area contributed by atoms with Gasteiger partial charge in [-0.2, -0.15) is 5.10 Å². The topological polar surface area (TPSA) is 42.7 Å². The summed E-state index contributed by atoms with van der Waals surface area (Å²) < 4.78 is 1.90. The van der Waals surface area contributed by atoms with Crippen molar-refractivity contribution in [1.82, 2.24) is 20.1 Å². The summed E-state index contributed by atoms with van der Waals surface area (Å²) in [6, 6.07) is 4.70. The summed E-state index contributed by atoms with van der Waals surface area (Å²) in [6.07, 6.45) is 11.1. The standard InChI is InChI=1S/C17H24N4/c1-13-3-5-16(6-4-13)19-11-15-12-21(2)20-17(15)14-7-9-18-10-8-14/h7-10,12-13,16,19H,3-6,11H2,1-2H3. The largest absolute Gasteiger partial charge is 0.310 e. The maximum Gasteiger partial charge on any atom is 0.0969 e. The number of aromatic nitrogens is 3. The highest BCUT2D eigenvalue weighted by Gasteiger charge is 2.18. The first-order valence-corrected chi connectivity index (χ1v) is 7.88. The van der Waals surface area contributed by atoms with E-state index in [1.54, 1.807) is 0 Å². The zero-order chi connectivity index (χ0) is 14.7. The van der Waals surface area contributed by atoms with Gasteiger partial charge in [-0.3, -0.25) is 9.67 Å². The van der Waals surface area contributed by atoms with Gasteiger partial charge in [-0.1, -0.05) is 6.92 Å². The van der Waals surface area contributed by atoms with Gasteiger partial charge in [0.1, 0.15) is 0 Å². The monoisotopic (exact) mass is 284 g/mol. The Morgan fingerprint density at radius 3 is 2.62 bits per heavy atom. The van der Waals surface area contributed by atoms with Crippen molar-refractivity contribution in [2.24, 2.45) is 13.0 Å². The third-order valence-electron chi connectivity index (χ3n) is 4.46. The van der Waals surface area contributed by atoms with Gasteiger partial charge in [0.25, 0.3) is 0 Å². The van der Waals surface area contributed by atoms with Gasteiger partial charge in [0.05, 0.1) is 5.69 Å². The van der Waals surface area contributed by atoms with E-state index in [2.05, 4.69) is 28.5 Å². The van der Waals surface area contributed by atoms with E-state index in [0.29, 0.717) is 6.04 Å². The van der Waals surface area contributed by atoms with Crippen molar-refractivity contribution >= 4 is 0 Å². The Morgan fingerprint density at radius 2 is 1.90 bits per heavy atom. The predicted molar refractivity (Wildman–Crippen MR) is 84.7 cm³/mol. The van der Waals surface area contributed by atoms with Gasteiger partial charge in [0, 0.05) is 49.4 Å². The molecule has 3 rings (SSSR count). The lowest BCUT2D eigenvalue weighted by atomic mass is 9.87. The minimum absolute atomic E-state index is 0.659. The molecule has 0 saturated heterocycles. The molecule has 2 heterocycles. The molecule has 0 amide bonds. The van der Waals surface area contributed by atoms with E-state index < -0.39 is 0 Å². The van der Waals surface area contributed by atoms with Crippen molar-refractivity contribution in [2.45, 2.75) is 45.2 Å². The van der Waals surface area contributed by atoms with Crippen LogP contribution in [-0.2, 0) is 13.6 Å². The summed E-state index contributed by atoms with van der Waals surface area (Å²) in [5.74, 6) is 0.897. The molecule has 0 spiro atoms. The highest BCUT2D eigenvalue weighted by atomic mass is 15.3. The van der Waals surface area contributed by atoms with Crippen molar-refractivity contribution in [1.29, 1.82) is 0 Å². The van der Waals surface area contributed by atoms with E-state index in [-0.39, 0.29) is 0 Å². The fourth-order valence-corrected chi connectivity index (χ4v) is 3.14. The maximum atomic E-state index is 4.61. The SMILES string of the molecule is CC1CCC(NCc2cn(C)nc2-c2ccncc2)CC1. The molecule has 0 aliphatic heterocycles. The molecule has 4 nitrogen and oxygen atoms in total. The van der Waals surface area contributed by atoms with Crippen LogP contribution in [0.15, 0.2) is 30.7 Å². The van der Waals surface area contributed by atoms with Gasteiger partial charge in [0.15, 0.2) is 0 Å². The predicted octanol–water partition coefficient (Wildman–Crippen LogP) is 3.15. The molecule has 0 aromatic carbocycles. The van der Waals surface area contributed by atoms with Crippen LogP contribution in [0.25, 0.3) is 11.3 Å². The number of pyridine rings is 1. The van der Waals surface area contributed by atoms with Gasteiger partial charge in [0.2, 0.25) is 0 Å². The number of hydrogen-bond acceptors (Lipinski definition) is 3. The molecule has 0 unspecified atom stereocenters. The molecule has 1 saturated carbocycles. The van der Waals surface area contributed by atoms with Crippen molar-refractivity contribution in [3.63, 3.8) is 0 Å². The second kappa shape index (κ2) is 6.39. The molecule has 4 heteroatoms. The highest BCUT2D eigenvalue weighted by molar-refractivity contribution is 5.61. The van der Waals surface area contributed by atoms with Crippen LogP contribution in [0.1, 0.15) is 38.2 Å². The molecule has 0 radical (unpaired) electrons. The van der Waals surface area contributed by atoms with Crippen LogP contribution in [0.3, 0.4) is 0 Å². The van der Waals surface area contributed by atoms with E-state index in [0.717, 1.165) is 23.7 Å². The number of nitrogens with one attached hydrogen (secondary N) is 1. The lowest BCUT2D eigenvalue weighted by Crippen LogP contribution is -2.32. The molecule has 112 valence electrons. The molecule has 21 heavy (non-hydrogen) atoms. The van der Waals surface area contributed by atoms with Crippen LogP contribution >= 0.6 is 0 Å². The minimum Gasteiger partial charge on any atom is -0.310 e. The molecule has 1 aliphatic carbocycles. The van der Waals surface area contributed by atoms with Crippen LogP contribution in [-0.4, -0.2) is 20.8 Å². The molecule has 2 aromatic heterocycles. The van der Waals surface area contributed by atoms with Gasteiger partial charge >= 0.3 is 0 Å². The van der Waals surface area contributed by atoms with Gasteiger partial charge in [-0.05, 0) is 43.7 Å². The number of rotatable bonds is 4. The zero-order valence-electron chi connectivity index (χ0n) is 12.9. The minimum atomic E-state index is 0.659. The van der Waals surface area contributed by atoms with Gasteiger partial charge in [-0.25, -0.2) is 0 Å². The Hall–Kier alpha value is -1.68. The molecule has 1 aliphatic rings. The molecule has 1 N–H and O–H groups in total. The third-order valence-corrected chi connectivity index (χ3v) is 4.46. The lowest BCUT2D eigenvalue weighted by molar-refractivity contribution is 0.306. The first-order chi connectivity index (χ1) is 10.2. The highest BCUT2D eigenvalue weighted by Crippen LogP contribution is 2.25. The Kier molecular flexibility index (Phi) is 4.34. The summed E-state index contributed by atoms with van der Waals surface area (Å²) in [7, 11) is 1.98. The fraction of sp³-hybridized carbons (Fsp3) is 0.529. The normalized spacial score (nSPS) is 22.4. The summed E-state index contributed by atoms with van der Waals surface area (Å²) in [6.45, 7) is 3.25. The lowest BCUT2D eigenvalue weighted by Gasteiger charge is -2.27. The molecule has 1 fully saturated rings. The second-order valence-electron chi connectivity index (χ2n) is 6.25. The molecule has 0 bridgehead atoms. The first kappa shape index (κ1) is 14.3. The van der Waals surface area contributed by atoms with E-state index in [1.807, 2.05) is 36.3 Å². The smallest absolute Gasteiger partial charge is 0.0969 e. The average molecular weight is 284 g/mol. The van der Waals surface area contributed by atoms with Crippen LogP contribution in [0.4, 0.5) is 0 Å². The van der Waals surface area contributed by atoms with E-state index in [4.69, 9.17) is 0 Å². The number of nitrogens with zero attached hydrogens (tertiary/aromatic N) is 3. The van der Waals surface area contributed by atoms with Gasteiger partial charge in [-0.15, -0.1) is 0 Å². The summed E-state index contributed by atoms with van der Waals surface area (Å²) in [5, 5.41) is 8.32. The van der Waals surface area contributed by atoms with Crippen molar-refractivity contribution < 1.29 is 0 Å². The zero-order valence-corrected chi connectivity index (χ0v) is 12.9. The maximum absolute atomic E-state index is 4.61. The van der Waals surface area contributed by atoms with E-state index in [9.17, 15) is 0 Å².